The molecule has 0 radical (unpaired) electrons. The molecule has 3 rings (SSSR count). The normalized spacial score (nSPS) is 10.7. The van der Waals surface area contributed by atoms with E-state index >= 15 is 0 Å². The first-order valence-corrected chi connectivity index (χ1v) is 5.89. The van der Waals surface area contributed by atoms with Crippen molar-refractivity contribution in [2.24, 2.45) is 7.05 Å². The lowest BCUT2D eigenvalue weighted by Crippen LogP contribution is -2.02. The van der Waals surface area contributed by atoms with Crippen molar-refractivity contribution in [1.82, 2.24) is 24.8 Å². The number of nitrogens with zero attached hydrogens (tertiary/aromatic N) is 5. The van der Waals surface area contributed by atoms with Crippen molar-refractivity contribution in [3.05, 3.63) is 48.4 Å². The van der Waals surface area contributed by atoms with Gasteiger partial charge in [-0.15, -0.1) is 5.10 Å². The lowest BCUT2D eigenvalue weighted by atomic mass is 10.1. The van der Waals surface area contributed by atoms with Gasteiger partial charge in [0, 0.05) is 18.8 Å². The Balaban J connectivity index is 2.00. The van der Waals surface area contributed by atoms with Crippen LogP contribution in [0.15, 0.2) is 42.7 Å². The standard InChI is InChI=1S/C13H11N5O2/c1-17-6-5-11(15-17)9-3-2-4-10(7-9)18-14-8-12(16-18)13(19)20/h2-8H,1H3,(H,19,20). The number of carboxylic acid groups (broad SMARTS) is 1. The van der Waals surface area contributed by atoms with Crippen LogP contribution in [0.2, 0.25) is 0 Å². The summed E-state index contributed by atoms with van der Waals surface area (Å²) < 4.78 is 1.72. The molecule has 0 aliphatic heterocycles. The van der Waals surface area contributed by atoms with Gasteiger partial charge < -0.3 is 5.11 Å². The summed E-state index contributed by atoms with van der Waals surface area (Å²) in [6.45, 7) is 0. The minimum absolute atomic E-state index is 0.0896. The van der Waals surface area contributed by atoms with Crippen LogP contribution in [-0.2, 0) is 7.05 Å². The highest BCUT2D eigenvalue weighted by atomic mass is 16.4. The zero-order valence-electron chi connectivity index (χ0n) is 10.6. The van der Waals surface area contributed by atoms with Crippen molar-refractivity contribution in [2.75, 3.05) is 0 Å². The van der Waals surface area contributed by atoms with E-state index in [0.717, 1.165) is 11.3 Å². The zero-order valence-corrected chi connectivity index (χ0v) is 10.6. The van der Waals surface area contributed by atoms with Gasteiger partial charge in [0.25, 0.3) is 0 Å². The average Bonchev–Trinajstić information content (AvgIpc) is 3.07. The smallest absolute Gasteiger partial charge is 0.358 e. The second kappa shape index (κ2) is 4.61. The third-order valence-electron chi connectivity index (χ3n) is 2.80. The Morgan fingerprint density at radius 3 is 2.75 bits per heavy atom. The van der Waals surface area contributed by atoms with E-state index in [9.17, 15) is 4.79 Å². The van der Waals surface area contributed by atoms with Crippen LogP contribution in [0.25, 0.3) is 16.9 Å². The molecule has 100 valence electrons. The summed E-state index contributed by atoms with van der Waals surface area (Å²) in [4.78, 5) is 12.1. The Hall–Kier alpha value is -2.96. The molecule has 0 unspecified atom stereocenters. The van der Waals surface area contributed by atoms with E-state index in [1.54, 1.807) is 10.7 Å². The first kappa shape index (κ1) is 12.1. The molecule has 3 aromatic rings. The molecule has 2 aromatic heterocycles. The fourth-order valence-corrected chi connectivity index (χ4v) is 1.84. The monoisotopic (exact) mass is 269 g/mol. The molecule has 7 nitrogen and oxygen atoms in total. The summed E-state index contributed by atoms with van der Waals surface area (Å²) in [5.41, 5.74) is 2.34. The fourth-order valence-electron chi connectivity index (χ4n) is 1.84. The molecule has 0 aliphatic carbocycles. The third kappa shape index (κ3) is 2.16. The highest BCUT2D eigenvalue weighted by Gasteiger charge is 2.10. The van der Waals surface area contributed by atoms with E-state index in [1.165, 1.54) is 11.0 Å². The van der Waals surface area contributed by atoms with E-state index in [1.807, 2.05) is 37.5 Å². The predicted octanol–water partition coefficient (Wildman–Crippen LogP) is 1.37. The van der Waals surface area contributed by atoms with Crippen molar-refractivity contribution >= 4 is 5.97 Å². The summed E-state index contributed by atoms with van der Waals surface area (Å²) in [5.74, 6) is -1.10. The van der Waals surface area contributed by atoms with Gasteiger partial charge in [0.2, 0.25) is 0 Å². The Kier molecular flexibility index (Phi) is 2.79. The number of aryl methyl sites for hydroxylation is 1. The van der Waals surface area contributed by atoms with Crippen molar-refractivity contribution < 1.29 is 9.90 Å². The molecule has 0 bridgehead atoms. The van der Waals surface area contributed by atoms with Gasteiger partial charge in [0.1, 0.15) is 0 Å². The number of carboxylic acids is 1. The van der Waals surface area contributed by atoms with Crippen LogP contribution < -0.4 is 0 Å². The second-order valence-corrected chi connectivity index (χ2v) is 4.25. The largest absolute Gasteiger partial charge is 0.476 e. The van der Waals surface area contributed by atoms with Gasteiger partial charge in [-0.2, -0.15) is 15.0 Å². The summed E-state index contributed by atoms with van der Waals surface area (Å²) >= 11 is 0. The number of rotatable bonds is 3. The van der Waals surface area contributed by atoms with Gasteiger partial charge in [-0.1, -0.05) is 12.1 Å². The van der Waals surface area contributed by atoms with Crippen LogP contribution in [0, 0.1) is 0 Å². The molecular formula is C13H11N5O2. The predicted molar refractivity (Wildman–Crippen MR) is 70.5 cm³/mol. The van der Waals surface area contributed by atoms with Gasteiger partial charge >= 0.3 is 5.97 Å². The number of hydrogen-bond donors (Lipinski definition) is 1. The van der Waals surface area contributed by atoms with Gasteiger partial charge in [0.05, 0.1) is 17.6 Å². The van der Waals surface area contributed by atoms with Gasteiger partial charge in [-0.25, -0.2) is 4.79 Å². The minimum Gasteiger partial charge on any atom is -0.476 e. The van der Waals surface area contributed by atoms with E-state index < -0.39 is 5.97 Å². The fraction of sp³-hybridized carbons (Fsp3) is 0.0769. The van der Waals surface area contributed by atoms with Gasteiger partial charge in [-0.3, -0.25) is 4.68 Å². The Bertz CT molecular complexity index is 774. The number of carbonyl (C=O) groups is 1. The number of aromatic nitrogens is 5. The maximum Gasteiger partial charge on any atom is 0.358 e. The molecule has 0 amide bonds. The van der Waals surface area contributed by atoms with Crippen molar-refractivity contribution in [2.45, 2.75) is 0 Å². The molecule has 0 aliphatic rings. The van der Waals surface area contributed by atoms with Crippen LogP contribution in [0.4, 0.5) is 0 Å². The van der Waals surface area contributed by atoms with E-state index in [0.29, 0.717) is 5.69 Å². The van der Waals surface area contributed by atoms with Crippen LogP contribution in [0.3, 0.4) is 0 Å². The molecular weight excluding hydrogens is 258 g/mol. The van der Waals surface area contributed by atoms with Crippen molar-refractivity contribution in [3.63, 3.8) is 0 Å². The van der Waals surface area contributed by atoms with Crippen molar-refractivity contribution in [1.29, 1.82) is 0 Å². The topological polar surface area (TPSA) is 85.8 Å². The Morgan fingerprint density at radius 1 is 1.25 bits per heavy atom. The highest BCUT2D eigenvalue weighted by Crippen LogP contribution is 2.19. The quantitative estimate of drug-likeness (QED) is 0.776. The first-order valence-electron chi connectivity index (χ1n) is 5.89. The van der Waals surface area contributed by atoms with Crippen LogP contribution >= 0.6 is 0 Å². The molecule has 7 heteroatoms. The first-order chi connectivity index (χ1) is 9.63. The average molecular weight is 269 g/mol. The highest BCUT2D eigenvalue weighted by molar-refractivity contribution is 5.84. The Labute approximate surface area is 114 Å². The van der Waals surface area contributed by atoms with E-state index in [-0.39, 0.29) is 5.69 Å². The molecule has 0 spiro atoms. The Morgan fingerprint density at radius 2 is 2.10 bits per heavy atom. The van der Waals surface area contributed by atoms with Crippen LogP contribution in [-0.4, -0.2) is 35.9 Å². The molecule has 0 saturated heterocycles. The number of hydrogen-bond acceptors (Lipinski definition) is 4. The lowest BCUT2D eigenvalue weighted by Gasteiger charge is -2.02. The maximum atomic E-state index is 10.8. The molecule has 0 saturated carbocycles. The molecule has 20 heavy (non-hydrogen) atoms. The number of benzene rings is 1. The third-order valence-corrected chi connectivity index (χ3v) is 2.80. The van der Waals surface area contributed by atoms with Gasteiger partial charge in [0.15, 0.2) is 5.69 Å². The molecule has 0 atom stereocenters. The van der Waals surface area contributed by atoms with Gasteiger partial charge in [-0.05, 0) is 18.2 Å². The maximum absolute atomic E-state index is 10.8. The van der Waals surface area contributed by atoms with E-state index in [2.05, 4.69) is 15.3 Å². The minimum atomic E-state index is -1.10. The summed E-state index contributed by atoms with van der Waals surface area (Å²) in [6, 6.07) is 9.33. The molecule has 1 N–H and O–H groups in total. The van der Waals surface area contributed by atoms with Crippen LogP contribution in [0.1, 0.15) is 10.5 Å². The lowest BCUT2D eigenvalue weighted by molar-refractivity contribution is 0.0690. The summed E-state index contributed by atoms with van der Waals surface area (Å²) in [6.07, 6.45) is 3.08. The van der Waals surface area contributed by atoms with Crippen molar-refractivity contribution in [3.8, 4) is 16.9 Å². The SMILES string of the molecule is Cn1ccc(-c2cccc(-n3ncc(C(=O)O)n3)c2)n1. The number of aromatic carboxylic acids is 1. The zero-order chi connectivity index (χ0) is 14.1. The molecule has 0 fully saturated rings. The summed E-state index contributed by atoms with van der Waals surface area (Å²) in [5, 5.41) is 21.0. The molecule has 2 heterocycles. The second-order valence-electron chi connectivity index (χ2n) is 4.25. The summed E-state index contributed by atoms with van der Waals surface area (Å²) in [7, 11) is 1.85. The van der Waals surface area contributed by atoms with Crippen LogP contribution in [0.5, 0.6) is 0 Å². The molecule has 1 aromatic carbocycles. The van der Waals surface area contributed by atoms with E-state index in [4.69, 9.17) is 5.11 Å².